The molecular formula is C113H118F3NO23. The number of rotatable bonds is 50. The van der Waals surface area contributed by atoms with Crippen LogP contribution in [0.15, 0.2) is 364 Å². The minimum atomic E-state index is -5.19. The molecule has 0 aliphatic carbocycles. The van der Waals surface area contributed by atoms with Gasteiger partial charge in [-0.3, -0.25) is 4.79 Å². The molecule has 16 rings (SSSR count). The highest BCUT2D eigenvalue weighted by molar-refractivity contribution is 5.89. The molecular weight excluding hydrogens is 1800 g/mol. The van der Waals surface area contributed by atoms with Crippen molar-refractivity contribution in [2.75, 3.05) is 39.6 Å². The largest absolute Gasteiger partial charge is 0.471 e. The van der Waals surface area contributed by atoms with Crippen molar-refractivity contribution in [2.24, 2.45) is 0 Å². The number of aliphatic hydroxyl groups excluding tert-OH is 1. The summed E-state index contributed by atoms with van der Waals surface area (Å²) in [4.78, 5) is 28.6. The van der Waals surface area contributed by atoms with Crippen LogP contribution in [0, 0.1) is 0 Å². The van der Waals surface area contributed by atoms with E-state index in [4.69, 9.17) is 94.7 Å². The van der Waals surface area contributed by atoms with Gasteiger partial charge < -0.3 is 105 Å². The number of hydrogen-bond donors (Lipinski definition) is 2. The lowest BCUT2D eigenvalue weighted by Gasteiger charge is -2.52. The third kappa shape index (κ3) is 30.1. The van der Waals surface area contributed by atoms with E-state index >= 15 is 4.79 Å². The van der Waals surface area contributed by atoms with E-state index in [9.17, 15) is 23.1 Å². The molecule has 0 radical (unpaired) electrons. The van der Waals surface area contributed by atoms with Gasteiger partial charge in [-0.05, 0) is 79.8 Å². The molecule has 734 valence electrons. The van der Waals surface area contributed by atoms with Gasteiger partial charge in [0.2, 0.25) is 0 Å². The first-order valence-corrected chi connectivity index (χ1v) is 47.4. The third-order valence-corrected chi connectivity index (χ3v) is 24.2. The number of ether oxygens (including phenoxy) is 20. The Bertz CT molecular complexity index is 5520. The lowest BCUT2D eigenvalue weighted by atomic mass is 9.94. The molecule has 1 amide bonds. The molecule has 2 N–H and O–H groups in total. The van der Waals surface area contributed by atoms with Gasteiger partial charge in [-0.2, -0.15) is 13.2 Å². The van der Waals surface area contributed by atoms with E-state index in [1.807, 2.05) is 339 Å². The summed E-state index contributed by atoms with van der Waals surface area (Å²) in [5.41, 5.74) is 8.73. The number of carbonyl (C=O) groups excluding carboxylic acids is 2. The molecule has 12 aromatic carbocycles. The molecule has 27 heteroatoms. The second kappa shape index (κ2) is 53.4. The fourth-order valence-corrected chi connectivity index (χ4v) is 17.1. The molecule has 20 atom stereocenters. The SMILES string of the molecule is O=C(O[C@@H]1[C@@H](O[C@H]2C(OCc3ccccc3)C(OCc3ccccc3)[C@@H](COCc3ccccc3)O[C@@H]2O[C@@H]2[C@@H](OCCCNC(=O)C(F)(F)F)O[C@H](COCc3ccccc3)[C@@H](OCc3ccccc3)[C@@H]2OCc2ccccc2)O[C@H](COCc2ccccc2)[C@@H](OCc2ccccc2)[C@@H]1O[C@H]1O[C@H](COCc2ccccc2)[C@@H](OCc2ccccc2)[C@H](OCc2ccccc2)[C@@H]1O)c1ccccc1. The van der Waals surface area contributed by atoms with Gasteiger partial charge in [-0.1, -0.05) is 352 Å². The molecule has 2 unspecified atom stereocenters. The number of benzene rings is 12. The second-order valence-corrected chi connectivity index (χ2v) is 34.5. The highest BCUT2D eigenvalue weighted by Gasteiger charge is 2.60. The van der Waals surface area contributed by atoms with Crippen molar-refractivity contribution in [1.82, 2.24) is 5.32 Å². The predicted molar refractivity (Wildman–Crippen MR) is 510 cm³/mol. The fraction of sp³-hybridized carbons (Fsp3) is 0.345. The molecule has 0 spiro atoms. The van der Waals surface area contributed by atoms with Crippen LogP contribution in [0.1, 0.15) is 78.0 Å². The smallest absolute Gasteiger partial charge is 0.450 e. The quantitative estimate of drug-likeness (QED) is 0.0265. The summed E-state index contributed by atoms with van der Waals surface area (Å²) in [6.45, 7) is -1.55. The maximum Gasteiger partial charge on any atom is 0.471 e. The number of alkyl halides is 3. The van der Waals surface area contributed by atoms with E-state index in [1.54, 1.807) is 30.3 Å². The van der Waals surface area contributed by atoms with Crippen LogP contribution in [0.5, 0.6) is 0 Å². The van der Waals surface area contributed by atoms with Crippen molar-refractivity contribution in [1.29, 1.82) is 0 Å². The maximum absolute atomic E-state index is 16.1. The number of carbonyl (C=O) groups is 2. The molecule has 0 aromatic heterocycles. The number of halogens is 3. The van der Waals surface area contributed by atoms with Crippen molar-refractivity contribution in [3.8, 4) is 0 Å². The van der Waals surface area contributed by atoms with Crippen LogP contribution >= 0.6 is 0 Å². The van der Waals surface area contributed by atoms with Gasteiger partial charge >= 0.3 is 18.1 Å². The van der Waals surface area contributed by atoms with Gasteiger partial charge in [-0.15, -0.1) is 0 Å². The van der Waals surface area contributed by atoms with Crippen molar-refractivity contribution >= 4 is 11.9 Å². The zero-order valence-electron chi connectivity index (χ0n) is 77.5. The van der Waals surface area contributed by atoms with Crippen LogP contribution in [0.4, 0.5) is 13.2 Å². The van der Waals surface area contributed by atoms with E-state index in [0.717, 1.165) is 55.6 Å². The summed E-state index contributed by atoms with van der Waals surface area (Å²) in [5.74, 6) is -3.03. The van der Waals surface area contributed by atoms with Crippen molar-refractivity contribution < 1.29 is 123 Å². The van der Waals surface area contributed by atoms with Crippen molar-refractivity contribution in [3.05, 3.63) is 431 Å². The first kappa shape index (κ1) is 102. The highest BCUT2D eigenvalue weighted by atomic mass is 19.4. The predicted octanol–water partition coefficient (Wildman–Crippen LogP) is 17.7. The topological polar surface area (TPSA) is 251 Å². The first-order valence-electron chi connectivity index (χ1n) is 47.4. The molecule has 4 heterocycles. The van der Waals surface area contributed by atoms with Gasteiger partial charge in [0, 0.05) is 6.54 Å². The van der Waals surface area contributed by atoms with E-state index in [0.29, 0.717) is 5.56 Å². The van der Waals surface area contributed by atoms with E-state index in [2.05, 4.69) is 0 Å². The Morgan fingerprint density at radius 1 is 0.264 bits per heavy atom. The van der Waals surface area contributed by atoms with Gasteiger partial charge in [0.1, 0.15) is 91.6 Å². The molecule has 4 aliphatic heterocycles. The maximum atomic E-state index is 16.1. The summed E-state index contributed by atoms with van der Waals surface area (Å²) in [6, 6.07) is 113. The Balaban J connectivity index is 0.876. The standard InChI is InChI=1S/C113H118F3NO23/c114-113(115,116)112(120)117-62-37-63-125-109-104(101(131-73-88-56-31-10-32-57-88)97(127-69-84-48-23-6-24-49-84)92(134-109)76-122-65-80-40-15-2-16-41-80)139-110-105(102(132-74-89-58-33-11-34-59-89)98(128-70-85-50-25-7-26-51-85)93(135-110)77-123-66-81-42-17-3-18-43-81)140-111-106(137-107(119)90-60-35-12-36-61-90)103(99(129-71-86-52-27-8-28-53-86)94(136-111)78-124-67-82-44-19-4-20-45-82)138-108-95(118)100(130-72-87-54-29-9-30-55-87)96(126-68-83-46-21-5-22-47-83)91(133-108)75-121-64-79-38-13-1-14-39-79/h1-36,38-61,91-106,108-111,118H,37,62-78H2,(H,117,120)/t91-,92-,93-,94-,95+,96-,97-,98?,99-,100-,101+,102?,103+,104+,105+,106+,108-,109+,110-,111-/m1/s1. The number of nitrogens with one attached hydrogen (secondary N) is 1. The van der Waals surface area contributed by atoms with E-state index in [-0.39, 0.29) is 118 Å². The minimum absolute atomic E-state index is 0.0119. The summed E-state index contributed by atoms with van der Waals surface area (Å²) in [6.07, 6.45) is -34.5. The first-order chi connectivity index (χ1) is 68.8. The average Bonchev–Trinajstić information content (AvgIpc) is 0.752. The zero-order chi connectivity index (χ0) is 96.1. The van der Waals surface area contributed by atoms with Crippen LogP contribution < -0.4 is 5.32 Å². The number of aliphatic hydroxyl groups is 1. The number of esters is 1. The Morgan fingerprint density at radius 2 is 0.500 bits per heavy atom. The molecule has 0 bridgehead atoms. The lowest BCUT2D eigenvalue weighted by molar-refractivity contribution is -0.409. The Kier molecular flexibility index (Phi) is 38.7. The fourth-order valence-electron chi connectivity index (χ4n) is 17.1. The summed E-state index contributed by atoms with van der Waals surface area (Å²) < 4.78 is 188. The molecule has 4 saturated heterocycles. The van der Waals surface area contributed by atoms with Crippen LogP contribution in [0.2, 0.25) is 0 Å². The van der Waals surface area contributed by atoms with Crippen LogP contribution in [-0.4, -0.2) is 186 Å². The molecule has 12 aromatic rings. The normalized spacial score (nSPS) is 24.7. The number of amides is 1. The van der Waals surface area contributed by atoms with Crippen LogP contribution in [0.3, 0.4) is 0 Å². The molecule has 4 aliphatic rings. The molecule has 140 heavy (non-hydrogen) atoms. The number of hydrogen-bond acceptors (Lipinski definition) is 23. The second-order valence-electron chi connectivity index (χ2n) is 34.5. The van der Waals surface area contributed by atoms with Gasteiger partial charge in [-0.25, -0.2) is 4.79 Å². The van der Waals surface area contributed by atoms with Gasteiger partial charge in [0.05, 0.1) is 111 Å². The summed E-state index contributed by atoms with van der Waals surface area (Å²) in [7, 11) is 0. The Hall–Kier alpha value is -11.4. The van der Waals surface area contributed by atoms with E-state index in [1.165, 1.54) is 0 Å². The zero-order valence-corrected chi connectivity index (χ0v) is 77.5. The Morgan fingerprint density at radius 3 is 0.807 bits per heavy atom. The molecule has 4 fully saturated rings. The minimum Gasteiger partial charge on any atom is -0.450 e. The van der Waals surface area contributed by atoms with Crippen LogP contribution in [-0.2, 0) is 172 Å². The molecule has 24 nitrogen and oxygen atoms in total. The Labute approximate surface area is 813 Å². The summed E-state index contributed by atoms with van der Waals surface area (Å²) >= 11 is 0. The van der Waals surface area contributed by atoms with E-state index < -0.39 is 147 Å². The van der Waals surface area contributed by atoms with Crippen molar-refractivity contribution in [2.45, 2.75) is 208 Å². The van der Waals surface area contributed by atoms with Gasteiger partial charge in [0.25, 0.3) is 0 Å². The van der Waals surface area contributed by atoms with Crippen molar-refractivity contribution in [3.63, 3.8) is 0 Å². The third-order valence-electron chi connectivity index (χ3n) is 24.2. The van der Waals surface area contributed by atoms with Gasteiger partial charge in [0.15, 0.2) is 31.3 Å². The average molecular weight is 1920 g/mol. The van der Waals surface area contributed by atoms with Crippen LogP contribution in [0.25, 0.3) is 0 Å². The summed E-state index contributed by atoms with van der Waals surface area (Å²) in [5, 5.41) is 15.8. The molecule has 0 saturated carbocycles. The lowest BCUT2D eigenvalue weighted by Crippen LogP contribution is -2.69. The highest BCUT2D eigenvalue weighted by Crippen LogP contribution is 2.42. The monoisotopic (exact) mass is 1910 g/mol.